The fourth-order valence-electron chi connectivity index (χ4n) is 2.66. The average Bonchev–Trinajstić information content (AvgIpc) is 2.57. The molecule has 1 N–H and O–H groups in total. The molecule has 1 heterocycles. The van der Waals surface area contributed by atoms with E-state index in [1.54, 1.807) is 13.8 Å². The van der Waals surface area contributed by atoms with Crippen molar-refractivity contribution in [2.45, 2.75) is 19.9 Å². The second-order valence-electron chi connectivity index (χ2n) is 5.43. The Labute approximate surface area is 144 Å². The van der Waals surface area contributed by atoms with Crippen LogP contribution in [0.25, 0.3) is 0 Å². The van der Waals surface area contributed by atoms with Gasteiger partial charge in [-0.15, -0.1) is 0 Å². The van der Waals surface area contributed by atoms with Gasteiger partial charge in [0.05, 0.1) is 18.2 Å². The van der Waals surface area contributed by atoms with E-state index in [0.29, 0.717) is 12.2 Å². The van der Waals surface area contributed by atoms with Gasteiger partial charge < -0.3 is 14.8 Å². The molecule has 0 unspecified atom stereocenters. The summed E-state index contributed by atoms with van der Waals surface area (Å²) in [5.74, 6) is -2.72. The van der Waals surface area contributed by atoms with Crippen molar-refractivity contribution in [3.05, 3.63) is 46.7 Å². The smallest absolute Gasteiger partial charge is 0.338 e. The van der Waals surface area contributed by atoms with Gasteiger partial charge in [-0.3, -0.25) is 4.90 Å². The molecule has 0 saturated heterocycles. The fraction of sp³-hybridized carbons (Fsp3) is 0.412. The number of halogens is 2. The Morgan fingerprint density at radius 2 is 2.00 bits per heavy atom. The third kappa shape index (κ3) is 3.96. The van der Waals surface area contributed by atoms with E-state index in [4.69, 9.17) is 9.47 Å². The minimum atomic E-state index is -1.06. The number of hydrogen-bond donors (Lipinski definition) is 1. The third-order valence-electron chi connectivity index (χ3n) is 3.93. The fourth-order valence-corrected chi connectivity index (χ4v) is 2.66. The van der Waals surface area contributed by atoms with Gasteiger partial charge in [0.1, 0.15) is 6.61 Å². The molecule has 0 bridgehead atoms. The van der Waals surface area contributed by atoms with Crippen LogP contribution in [0, 0.1) is 11.6 Å². The van der Waals surface area contributed by atoms with Gasteiger partial charge in [-0.1, -0.05) is 6.07 Å². The summed E-state index contributed by atoms with van der Waals surface area (Å²) < 4.78 is 36.8. The standard InChI is InChI=1S/C17H20F2N2O4/c1-4-21-10(2)14(16(22)25-8-7-24-3)15(20-17(21)23)11-5-6-12(18)13(19)9-11/h5-6,9,15H,4,7-8H2,1-3H3,(H,20,23)/t15-/m1/s1. The first-order chi connectivity index (χ1) is 11.9. The number of carbonyl (C=O) groups excluding carboxylic acids is 2. The van der Waals surface area contributed by atoms with Crippen LogP contribution in [0.2, 0.25) is 0 Å². The molecule has 2 amide bonds. The van der Waals surface area contributed by atoms with Crippen molar-refractivity contribution in [1.82, 2.24) is 10.2 Å². The first-order valence-corrected chi connectivity index (χ1v) is 7.80. The zero-order valence-electron chi connectivity index (χ0n) is 14.3. The van der Waals surface area contributed by atoms with Gasteiger partial charge in [0.25, 0.3) is 0 Å². The van der Waals surface area contributed by atoms with Crippen molar-refractivity contribution in [2.24, 2.45) is 0 Å². The molecular formula is C17H20F2N2O4. The second kappa shape index (κ2) is 8.06. The van der Waals surface area contributed by atoms with Crippen molar-refractivity contribution >= 4 is 12.0 Å². The van der Waals surface area contributed by atoms with E-state index in [9.17, 15) is 18.4 Å². The summed E-state index contributed by atoms with van der Waals surface area (Å²) in [4.78, 5) is 26.1. The van der Waals surface area contributed by atoms with E-state index in [-0.39, 0.29) is 24.4 Å². The molecular weight excluding hydrogens is 334 g/mol. The molecule has 0 aliphatic carbocycles. The highest BCUT2D eigenvalue weighted by atomic mass is 19.2. The van der Waals surface area contributed by atoms with Crippen molar-refractivity contribution in [3.63, 3.8) is 0 Å². The Balaban J connectivity index is 2.44. The van der Waals surface area contributed by atoms with Crippen LogP contribution in [-0.2, 0) is 14.3 Å². The molecule has 136 valence electrons. The number of amides is 2. The lowest BCUT2D eigenvalue weighted by Crippen LogP contribution is -2.48. The van der Waals surface area contributed by atoms with Gasteiger partial charge >= 0.3 is 12.0 Å². The molecule has 0 aromatic heterocycles. The molecule has 6 nitrogen and oxygen atoms in total. The Morgan fingerprint density at radius 3 is 2.60 bits per heavy atom. The number of allylic oxidation sites excluding steroid dienone is 1. The molecule has 0 radical (unpaired) electrons. The van der Waals surface area contributed by atoms with E-state index >= 15 is 0 Å². The zero-order chi connectivity index (χ0) is 18.6. The summed E-state index contributed by atoms with van der Waals surface area (Å²) in [6, 6.07) is 1.87. The van der Waals surface area contributed by atoms with Gasteiger partial charge in [-0.2, -0.15) is 0 Å². The van der Waals surface area contributed by atoms with Crippen LogP contribution >= 0.6 is 0 Å². The van der Waals surface area contributed by atoms with Crippen LogP contribution < -0.4 is 5.32 Å². The normalized spacial score (nSPS) is 17.6. The first kappa shape index (κ1) is 18.9. The molecule has 1 aliphatic rings. The number of carbonyl (C=O) groups is 2. The highest BCUT2D eigenvalue weighted by Crippen LogP contribution is 2.31. The van der Waals surface area contributed by atoms with Gasteiger partial charge in [0.2, 0.25) is 0 Å². The van der Waals surface area contributed by atoms with Gasteiger partial charge in [0.15, 0.2) is 11.6 Å². The van der Waals surface area contributed by atoms with Gasteiger partial charge in [-0.05, 0) is 31.5 Å². The predicted molar refractivity (Wildman–Crippen MR) is 85.5 cm³/mol. The monoisotopic (exact) mass is 354 g/mol. The van der Waals surface area contributed by atoms with Crippen LogP contribution in [-0.4, -0.2) is 43.8 Å². The molecule has 0 fully saturated rings. The summed E-state index contributed by atoms with van der Waals surface area (Å²) in [7, 11) is 1.47. The van der Waals surface area contributed by atoms with Crippen LogP contribution in [0.5, 0.6) is 0 Å². The van der Waals surface area contributed by atoms with Crippen molar-refractivity contribution < 1.29 is 27.8 Å². The summed E-state index contributed by atoms with van der Waals surface area (Å²) in [6.45, 7) is 3.97. The Kier molecular flexibility index (Phi) is 6.08. The summed E-state index contributed by atoms with van der Waals surface area (Å²) in [6.07, 6.45) is 0. The zero-order valence-corrected chi connectivity index (χ0v) is 14.3. The van der Waals surface area contributed by atoms with Gasteiger partial charge in [-0.25, -0.2) is 18.4 Å². The summed E-state index contributed by atoms with van der Waals surface area (Å²) in [5, 5.41) is 2.64. The maximum absolute atomic E-state index is 13.6. The first-order valence-electron chi connectivity index (χ1n) is 7.80. The van der Waals surface area contributed by atoms with E-state index < -0.39 is 29.7 Å². The van der Waals surface area contributed by atoms with E-state index in [0.717, 1.165) is 12.1 Å². The summed E-state index contributed by atoms with van der Waals surface area (Å²) >= 11 is 0. The number of nitrogens with one attached hydrogen (secondary N) is 1. The number of ether oxygens (including phenoxy) is 2. The molecule has 0 spiro atoms. The SMILES string of the molecule is CCN1C(=O)N[C@H](c2ccc(F)c(F)c2)C(C(=O)OCCOC)=C1C. The van der Waals surface area contributed by atoms with Crippen molar-refractivity contribution in [3.8, 4) is 0 Å². The minimum absolute atomic E-state index is 0.0384. The predicted octanol–water partition coefficient (Wildman–Crippen LogP) is 2.51. The van der Waals surface area contributed by atoms with Crippen molar-refractivity contribution in [1.29, 1.82) is 0 Å². The molecule has 1 aromatic carbocycles. The Morgan fingerprint density at radius 1 is 1.28 bits per heavy atom. The van der Waals surface area contributed by atoms with Crippen LogP contribution in [0.3, 0.4) is 0 Å². The molecule has 1 aliphatic heterocycles. The number of rotatable bonds is 6. The number of urea groups is 1. The average molecular weight is 354 g/mol. The maximum Gasteiger partial charge on any atom is 0.338 e. The highest BCUT2D eigenvalue weighted by molar-refractivity contribution is 5.95. The molecule has 0 saturated carbocycles. The topological polar surface area (TPSA) is 67.9 Å². The summed E-state index contributed by atoms with van der Waals surface area (Å²) in [5.41, 5.74) is 0.827. The quantitative estimate of drug-likeness (QED) is 0.630. The second-order valence-corrected chi connectivity index (χ2v) is 5.43. The molecule has 1 aromatic rings. The third-order valence-corrected chi connectivity index (χ3v) is 3.93. The number of benzene rings is 1. The van der Waals surface area contributed by atoms with Crippen LogP contribution in [0.1, 0.15) is 25.5 Å². The lowest BCUT2D eigenvalue weighted by atomic mass is 9.94. The lowest BCUT2D eigenvalue weighted by molar-refractivity contribution is -0.140. The highest BCUT2D eigenvalue weighted by Gasteiger charge is 2.36. The van der Waals surface area contributed by atoms with E-state index in [1.165, 1.54) is 18.1 Å². The molecule has 8 heteroatoms. The largest absolute Gasteiger partial charge is 0.460 e. The minimum Gasteiger partial charge on any atom is -0.460 e. The lowest BCUT2D eigenvalue weighted by Gasteiger charge is -2.34. The van der Waals surface area contributed by atoms with E-state index in [2.05, 4.69) is 5.32 Å². The van der Waals surface area contributed by atoms with Crippen molar-refractivity contribution in [2.75, 3.05) is 26.9 Å². The van der Waals surface area contributed by atoms with Gasteiger partial charge in [0, 0.05) is 19.4 Å². The molecule has 1 atom stereocenters. The Hall–Kier alpha value is -2.48. The maximum atomic E-state index is 13.6. The van der Waals surface area contributed by atoms with Crippen LogP contribution in [0.4, 0.5) is 13.6 Å². The molecule has 2 rings (SSSR count). The van der Waals surface area contributed by atoms with Crippen LogP contribution in [0.15, 0.2) is 29.5 Å². The molecule has 25 heavy (non-hydrogen) atoms. The number of hydrogen-bond acceptors (Lipinski definition) is 4. The number of methoxy groups -OCH3 is 1. The van der Waals surface area contributed by atoms with E-state index in [1.807, 2.05) is 0 Å². The number of nitrogens with zero attached hydrogens (tertiary/aromatic N) is 1. The number of esters is 1. The Bertz CT molecular complexity index is 706.